The first-order chi connectivity index (χ1) is 19.5. The minimum absolute atomic E-state index is 0.238. The SMILES string of the molecule is COc1cncc(-c2cccc3c(Cl)c([C@H](C)Nc4ncnc5[nH]ccc(=O)c45)n(-c4ccccc4)c(=O)c23)n1. The summed E-state index contributed by atoms with van der Waals surface area (Å²) >= 11 is 7.14. The van der Waals surface area contributed by atoms with Gasteiger partial charge in [0.25, 0.3) is 5.56 Å². The van der Waals surface area contributed by atoms with Gasteiger partial charge in [0.2, 0.25) is 5.88 Å². The smallest absolute Gasteiger partial charge is 0.264 e. The van der Waals surface area contributed by atoms with Gasteiger partial charge in [0.05, 0.1) is 47.3 Å². The minimum atomic E-state index is -0.553. The Morgan fingerprint density at radius 2 is 1.82 bits per heavy atom. The Morgan fingerprint density at radius 3 is 2.62 bits per heavy atom. The molecule has 0 aliphatic carbocycles. The third kappa shape index (κ3) is 4.24. The highest BCUT2D eigenvalue weighted by Gasteiger charge is 2.24. The molecule has 4 aromatic heterocycles. The number of rotatable bonds is 6. The number of ether oxygens (including phenoxy) is 1. The summed E-state index contributed by atoms with van der Waals surface area (Å²) in [6, 6.07) is 15.5. The average molecular weight is 552 g/mol. The Bertz CT molecular complexity index is 2000. The van der Waals surface area contributed by atoms with E-state index >= 15 is 0 Å². The summed E-state index contributed by atoms with van der Waals surface area (Å²) < 4.78 is 6.83. The molecule has 0 aliphatic rings. The second kappa shape index (κ2) is 10.2. The van der Waals surface area contributed by atoms with E-state index in [-0.39, 0.29) is 11.0 Å². The van der Waals surface area contributed by atoms with Gasteiger partial charge < -0.3 is 15.0 Å². The number of para-hydroxylation sites is 1. The molecule has 0 radical (unpaired) electrons. The molecule has 11 heteroatoms. The number of hydrogen-bond acceptors (Lipinski definition) is 8. The van der Waals surface area contributed by atoms with E-state index in [1.165, 1.54) is 31.9 Å². The maximum Gasteiger partial charge on any atom is 0.264 e. The van der Waals surface area contributed by atoms with Crippen LogP contribution in [-0.4, -0.2) is 36.6 Å². The van der Waals surface area contributed by atoms with Crippen LogP contribution in [0, 0.1) is 0 Å². The summed E-state index contributed by atoms with van der Waals surface area (Å²) in [6.45, 7) is 1.86. The number of hydrogen-bond donors (Lipinski definition) is 2. The van der Waals surface area contributed by atoms with Crippen LogP contribution in [0.25, 0.3) is 38.8 Å². The van der Waals surface area contributed by atoms with E-state index in [0.717, 1.165) is 0 Å². The van der Waals surface area contributed by atoms with Crippen molar-refractivity contribution in [2.24, 2.45) is 0 Å². The van der Waals surface area contributed by atoms with E-state index in [9.17, 15) is 9.59 Å². The van der Waals surface area contributed by atoms with Crippen LogP contribution in [0.1, 0.15) is 18.7 Å². The standard InChI is InChI=1S/C29H22ClN7O3/c1-16(35-28-24-21(38)11-12-32-27(24)33-15-34-28)26-25(30)19-10-6-9-18(20-13-31-14-22(36-20)40-2)23(19)29(39)37(26)17-7-4-3-5-8-17/h3-16H,1-2H3,(H2,32,33,34,35,38)/t16-/m0/s1. The van der Waals surface area contributed by atoms with Crippen LogP contribution in [0.5, 0.6) is 5.88 Å². The summed E-state index contributed by atoms with van der Waals surface area (Å²) in [4.78, 5) is 47.2. The Balaban J connectivity index is 1.62. The highest BCUT2D eigenvalue weighted by atomic mass is 35.5. The number of aromatic nitrogens is 6. The molecule has 0 fully saturated rings. The molecule has 0 aliphatic heterocycles. The monoisotopic (exact) mass is 551 g/mol. The van der Waals surface area contributed by atoms with Crippen molar-refractivity contribution in [3.05, 3.63) is 111 Å². The number of halogens is 1. The van der Waals surface area contributed by atoms with Crippen molar-refractivity contribution >= 4 is 39.2 Å². The molecule has 2 N–H and O–H groups in total. The van der Waals surface area contributed by atoms with Gasteiger partial charge in [0, 0.05) is 28.9 Å². The van der Waals surface area contributed by atoms with E-state index in [0.29, 0.717) is 61.2 Å². The number of anilines is 1. The summed E-state index contributed by atoms with van der Waals surface area (Å²) in [5.41, 5.74) is 2.03. The van der Waals surface area contributed by atoms with Gasteiger partial charge in [-0.15, -0.1) is 0 Å². The van der Waals surface area contributed by atoms with Gasteiger partial charge in [-0.1, -0.05) is 48.0 Å². The number of benzene rings is 2. The van der Waals surface area contributed by atoms with Gasteiger partial charge in [-0.3, -0.25) is 19.1 Å². The van der Waals surface area contributed by atoms with Crippen LogP contribution in [0.3, 0.4) is 0 Å². The predicted octanol–water partition coefficient (Wildman–Crippen LogP) is 4.91. The Labute approximate surface area is 232 Å². The average Bonchev–Trinajstić information content (AvgIpc) is 2.99. The van der Waals surface area contributed by atoms with Crippen LogP contribution < -0.4 is 21.0 Å². The quantitative estimate of drug-likeness (QED) is 0.299. The topological polar surface area (TPSA) is 128 Å². The molecule has 10 nitrogen and oxygen atoms in total. The van der Waals surface area contributed by atoms with Crippen LogP contribution in [-0.2, 0) is 0 Å². The van der Waals surface area contributed by atoms with E-state index in [1.54, 1.807) is 22.9 Å². The largest absolute Gasteiger partial charge is 0.480 e. The molecule has 0 spiro atoms. The third-order valence-electron chi connectivity index (χ3n) is 6.61. The highest BCUT2D eigenvalue weighted by Crippen LogP contribution is 2.36. The molecule has 198 valence electrons. The van der Waals surface area contributed by atoms with E-state index in [1.807, 2.05) is 43.3 Å². The molecule has 0 bridgehead atoms. The van der Waals surface area contributed by atoms with Crippen molar-refractivity contribution in [1.82, 2.24) is 29.5 Å². The molecule has 0 unspecified atom stereocenters. The Kier molecular flexibility index (Phi) is 6.45. The lowest BCUT2D eigenvalue weighted by Gasteiger charge is -2.24. The fourth-order valence-electron chi connectivity index (χ4n) is 4.82. The van der Waals surface area contributed by atoms with Crippen molar-refractivity contribution in [2.45, 2.75) is 13.0 Å². The van der Waals surface area contributed by atoms with E-state index < -0.39 is 6.04 Å². The lowest BCUT2D eigenvalue weighted by Crippen LogP contribution is -2.27. The van der Waals surface area contributed by atoms with Gasteiger partial charge >= 0.3 is 0 Å². The van der Waals surface area contributed by atoms with Crippen LogP contribution in [0.2, 0.25) is 5.02 Å². The molecular formula is C29H22ClN7O3. The number of aromatic amines is 1. The molecule has 1 atom stereocenters. The second-order valence-electron chi connectivity index (χ2n) is 9.00. The first kappa shape index (κ1) is 25.2. The van der Waals surface area contributed by atoms with Crippen molar-refractivity contribution < 1.29 is 4.74 Å². The van der Waals surface area contributed by atoms with Gasteiger partial charge in [0.1, 0.15) is 23.2 Å². The van der Waals surface area contributed by atoms with Gasteiger partial charge in [-0.05, 0) is 19.1 Å². The molecule has 2 aromatic carbocycles. The Hall–Kier alpha value is -5.09. The first-order valence-corrected chi connectivity index (χ1v) is 12.7. The lowest BCUT2D eigenvalue weighted by molar-refractivity contribution is 0.396. The van der Waals surface area contributed by atoms with Crippen molar-refractivity contribution in [1.29, 1.82) is 0 Å². The van der Waals surface area contributed by atoms with Crippen molar-refractivity contribution in [3.8, 4) is 22.8 Å². The number of nitrogens with zero attached hydrogens (tertiary/aromatic N) is 5. The summed E-state index contributed by atoms with van der Waals surface area (Å²) in [6.07, 6.45) is 5.97. The summed E-state index contributed by atoms with van der Waals surface area (Å²) in [5.74, 6) is 0.647. The van der Waals surface area contributed by atoms with E-state index in [4.69, 9.17) is 16.3 Å². The molecule has 4 heterocycles. The first-order valence-electron chi connectivity index (χ1n) is 12.4. The normalized spacial score (nSPS) is 12.0. The van der Waals surface area contributed by atoms with Crippen LogP contribution in [0.4, 0.5) is 5.82 Å². The summed E-state index contributed by atoms with van der Waals surface area (Å²) in [7, 11) is 1.51. The molecule has 6 aromatic rings. The van der Waals surface area contributed by atoms with Gasteiger partial charge in [-0.25, -0.2) is 15.0 Å². The van der Waals surface area contributed by atoms with Gasteiger partial charge in [0.15, 0.2) is 5.43 Å². The van der Waals surface area contributed by atoms with Crippen molar-refractivity contribution in [2.75, 3.05) is 12.4 Å². The fraction of sp³-hybridized carbons (Fsp3) is 0.103. The molecule has 0 amide bonds. The minimum Gasteiger partial charge on any atom is -0.480 e. The summed E-state index contributed by atoms with van der Waals surface area (Å²) in [5, 5.41) is 4.90. The van der Waals surface area contributed by atoms with Crippen LogP contribution in [0.15, 0.2) is 89.1 Å². The molecule has 40 heavy (non-hydrogen) atoms. The zero-order valence-corrected chi connectivity index (χ0v) is 22.2. The fourth-order valence-corrected chi connectivity index (χ4v) is 5.23. The number of nitrogens with one attached hydrogen (secondary N) is 2. The number of H-pyrrole nitrogens is 1. The number of fused-ring (bicyclic) bond motifs is 2. The Morgan fingerprint density at radius 1 is 1.00 bits per heavy atom. The lowest BCUT2D eigenvalue weighted by atomic mass is 10.0. The maximum absolute atomic E-state index is 14.4. The molecular weight excluding hydrogens is 530 g/mol. The zero-order chi connectivity index (χ0) is 27.8. The molecule has 0 saturated heterocycles. The second-order valence-corrected chi connectivity index (χ2v) is 9.38. The third-order valence-corrected chi connectivity index (χ3v) is 7.00. The maximum atomic E-state index is 14.4. The highest BCUT2D eigenvalue weighted by molar-refractivity contribution is 6.36. The van der Waals surface area contributed by atoms with Crippen molar-refractivity contribution in [3.63, 3.8) is 0 Å². The van der Waals surface area contributed by atoms with Gasteiger partial charge in [-0.2, -0.15) is 0 Å². The van der Waals surface area contributed by atoms with Crippen LogP contribution >= 0.6 is 11.6 Å². The predicted molar refractivity (Wildman–Crippen MR) is 154 cm³/mol. The van der Waals surface area contributed by atoms with E-state index in [2.05, 4.69) is 30.2 Å². The zero-order valence-electron chi connectivity index (χ0n) is 21.4. The number of pyridine rings is 2. The molecule has 0 saturated carbocycles. The molecule has 6 rings (SSSR count). The number of methoxy groups -OCH3 is 1.